The van der Waals surface area contributed by atoms with E-state index in [-0.39, 0.29) is 18.4 Å². The zero-order chi connectivity index (χ0) is 14.0. The maximum Gasteiger partial charge on any atom is 0.303 e. The number of thioether (sulfide) groups is 1. The monoisotopic (exact) mass is 279 g/mol. The van der Waals surface area contributed by atoms with Gasteiger partial charge in [-0.2, -0.15) is 0 Å². The highest BCUT2D eigenvalue weighted by Crippen LogP contribution is 2.24. The number of benzene rings is 1. The van der Waals surface area contributed by atoms with Crippen LogP contribution in [0.5, 0.6) is 0 Å². The number of amides is 2. The van der Waals surface area contributed by atoms with Gasteiger partial charge in [0.05, 0.1) is 17.7 Å². The van der Waals surface area contributed by atoms with Crippen molar-refractivity contribution in [2.75, 3.05) is 12.8 Å². The van der Waals surface area contributed by atoms with E-state index in [0.29, 0.717) is 11.1 Å². The second kappa shape index (κ2) is 5.44. The van der Waals surface area contributed by atoms with Crippen molar-refractivity contribution in [1.29, 1.82) is 0 Å². The molecule has 0 aromatic heterocycles. The van der Waals surface area contributed by atoms with Crippen LogP contribution in [-0.2, 0) is 9.53 Å². The van der Waals surface area contributed by atoms with Gasteiger partial charge in [-0.05, 0) is 18.4 Å². The lowest BCUT2D eigenvalue weighted by Gasteiger charge is -2.20. The molecule has 1 aliphatic rings. The van der Waals surface area contributed by atoms with Crippen LogP contribution in [0.15, 0.2) is 24.3 Å². The Labute approximate surface area is 114 Å². The highest BCUT2D eigenvalue weighted by Gasteiger charge is 2.36. The molecule has 1 aromatic carbocycles. The van der Waals surface area contributed by atoms with E-state index in [1.165, 1.54) is 18.7 Å². The van der Waals surface area contributed by atoms with Gasteiger partial charge in [-0.25, -0.2) is 0 Å². The van der Waals surface area contributed by atoms with Crippen LogP contribution in [-0.4, -0.2) is 40.9 Å². The van der Waals surface area contributed by atoms with Gasteiger partial charge in [0.25, 0.3) is 11.8 Å². The van der Waals surface area contributed by atoms with Crippen LogP contribution >= 0.6 is 11.8 Å². The van der Waals surface area contributed by atoms with Crippen molar-refractivity contribution in [2.45, 2.75) is 12.4 Å². The molecular weight excluding hydrogens is 266 g/mol. The topological polar surface area (TPSA) is 63.7 Å². The van der Waals surface area contributed by atoms with E-state index in [1.807, 2.05) is 0 Å². The van der Waals surface area contributed by atoms with Crippen molar-refractivity contribution in [3.8, 4) is 0 Å². The molecule has 0 saturated carbocycles. The Morgan fingerprint density at radius 2 is 1.79 bits per heavy atom. The fraction of sp³-hybridized carbons (Fsp3) is 0.308. The standard InChI is InChI=1S/C13H13NO4S/c1-8(15)18-11(19-2)7-14-12(16)9-5-3-4-6-10(9)13(14)17/h3-6,11H,7H2,1-2H3. The van der Waals surface area contributed by atoms with Crippen molar-refractivity contribution < 1.29 is 19.1 Å². The molecule has 2 amide bonds. The largest absolute Gasteiger partial charge is 0.450 e. The zero-order valence-corrected chi connectivity index (χ0v) is 11.4. The molecule has 5 nitrogen and oxygen atoms in total. The summed E-state index contributed by atoms with van der Waals surface area (Å²) in [5, 5.41) is 0. The SMILES string of the molecule is CSC(CN1C(=O)c2ccccc2C1=O)OC(C)=O. The predicted octanol–water partition coefficient (Wildman–Crippen LogP) is 1.53. The molecule has 0 saturated heterocycles. The molecule has 0 aliphatic carbocycles. The molecule has 6 heteroatoms. The first-order valence-electron chi connectivity index (χ1n) is 5.70. The van der Waals surface area contributed by atoms with E-state index in [1.54, 1.807) is 30.5 Å². The normalized spacial score (nSPS) is 15.4. The van der Waals surface area contributed by atoms with Crippen LogP contribution < -0.4 is 0 Å². The quantitative estimate of drug-likeness (QED) is 0.475. The summed E-state index contributed by atoms with van der Waals surface area (Å²) in [5.41, 5.74) is 0.255. The maximum atomic E-state index is 12.1. The minimum atomic E-state index is -0.542. The van der Waals surface area contributed by atoms with Gasteiger partial charge in [-0.15, -0.1) is 11.8 Å². The Morgan fingerprint density at radius 3 is 2.21 bits per heavy atom. The van der Waals surface area contributed by atoms with Crippen molar-refractivity contribution in [3.05, 3.63) is 35.4 Å². The lowest BCUT2D eigenvalue weighted by atomic mass is 10.1. The molecule has 100 valence electrons. The predicted molar refractivity (Wildman–Crippen MR) is 70.9 cm³/mol. The lowest BCUT2D eigenvalue weighted by molar-refractivity contribution is -0.142. The fourth-order valence-electron chi connectivity index (χ4n) is 1.90. The Bertz CT molecular complexity index is 508. The molecule has 0 fully saturated rings. The molecule has 19 heavy (non-hydrogen) atoms. The van der Waals surface area contributed by atoms with Gasteiger partial charge in [0.1, 0.15) is 0 Å². The van der Waals surface area contributed by atoms with E-state index >= 15 is 0 Å². The number of imide groups is 1. The third-order valence-corrected chi connectivity index (χ3v) is 3.54. The van der Waals surface area contributed by atoms with E-state index < -0.39 is 11.4 Å². The molecule has 1 atom stereocenters. The molecule has 1 aliphatic heterocycles. The van der Waals surface area contributed by atoms with E-state index in [2.05, 4.69) is 0 Å². The molecule has 1 unspecified atom stereocenters. The number of ether oxygens (including phenoxy) is 1. The molecule has 0 radical (unpaired) electrons. The summed E-state index contributed by atoms with van der Waals surface area (Å²) in [6.07, 6.45) is 1.76. The third kappa shape index (κ3) is 2.63. The number of hydrogen-bond acceptors (Lipinski definition) is 5. The minimum absolute atomic E-state index is 0.0626. The Morgan fingerprint density at radius 1 is 1.26 bits per heavy atom. The van der Waals surface area contributed by atoms with Crippen molar-refractivity contribution in [3.63, 3.8) is 0 Å². The van der Waals surface area contributed by atoms with Crippen LogP contribution in [0.3, 0.4) is 0 Å². The number of nitrogens with zero attached hydrogens (tertiary/aromatic N) is 1. The van der Waals surface area contributed by atoms with Crippen molar-refractivity contribution >= 4 is 29.5 Å². The zero-order valence-electron chi connectivity index (χ0n) is 10.6. The lowest BCUT2D eigenvalue weighted by Crippen LogP contribution is -2.37. The number of esters is 1. The number of fused-ring (bicyclic) bond motifs is 1. The second-order valence-corrected chi connectivity index (χ2v) is 5.04. The van der Waals surface area contributed by atoms with Gasteiger partial charge >= 0.3 is 5.97 Å². The van der Waals surface area contributed by atoms with Gasteiger partial charge in [0.2, 0.25) is 0 Å². The first-order valence-corrected chi connectivity index (χ1v) is 6.98. The van der Waals surface area contributed by atoms with E-state index in [4.69, 9.17) is 4.74 Å². The first kappa shape index (κ1) is 13.6. The molecule has 0 N–H and O–H groups in total. The Hall–Kier alpha value is -1.82. The van der Waals surface area contributed by atoms with Gasteiger partial charge < -0.3 is 4.74 Å². The van der Waals surface area contributed by atoms with Gasteiger partial charge in [-0.3, -0.25) is 19.3 Å². The van der Waals surface area contributed by atoms with Crippen LogP contribution in [0.2, 0.25) is 0 Å². The van der Waals surface area contributed by atoms with E-state index in [0.717, 1.165) is 4.90 Å². The third-order valence-electron chi connectivity index (χ3n) is 2.77. The molecule has 0 bridgehead atoms. The summed E-state index contributed by atoms with van der Waals surface area (Å²) >= 11 is 1.28. The van der Waals surface area contributed by atoms with Crippen LogP contribution in [0.4, 0.5) is 0 Å². The van der Waals surface area contributed by atoms with Crippen LogP contribution in [0.25, 0.3) is 0 Å². The van der Waals surface area contributed by atoms with Gasteiger partial charge in [-0.1, -0.05) is 12.1 Å². The Balaban J connectivity index is 2.17. The molecule has 2 rings (SSSR count). The van der Waals surface area contributed by atoms with Crippen molar-refractivity contribution in [2.24, 2.45) is 0 Å². The molecule has 1 aromatic rings. The summed E-state index contributed by atoms with van der Waals surface area (Å²) < 4.78 is 5.03. The van der Waals surface area contributed by atoms with Crippen LogP contribution in [0.1, 0.15) is 27.6 Å². The average molecular weight is 279 g/mol. The Kier molecular flexibility index (Phi) is 3.90. The molecule has 1 heterocycles. The number of hydrogen-bond donors (Lipinski definition) is 0. The highest BCUT2D eigenvalue weighted by atomic mass is 32.2. The minimum Gasteiger partial charge on any atom is -0.450 e. The summed E-state index contributed by atoms with van der Waals surface area (Å²) in [6, 6.07) is 6.67. The average Bonchev–Trinajstić information content (AvgIpc) is 2.63. The number of carbonyl (C=O) groups is 3. The molecular formula is C13H13NO4S. The van der Waals surface area contributed by atoms with Crippen molar-refractivity contribution in [1.82, 2.24) is 4.90 Å². The summed E-state index contributed by atoms with van der Waals surface area (Å²) in [5.74, 6) is -1.12. The smallest absolute Gasteiger partial charge is 0.303 e. The molecule has 0 spiro atoms. The van der Waals surface area contributed by atoms with Gasteiger partial charge in [0.15, 0.2) is 5.44 Å². The summed E-state index contributed by atoms with van der Waals surface area (Å²) in [4.78, 5) is 36.3. The second-order valence-electron chi connectivity index (χ2n) is 4.04. The highest BCUT2D eigenvalue weighted by molar-refractivity contribution is 7.99. The summed E-state index contributed by atoms with van der Waals surface area (Å²) in [7, 11) is 0. The first-order chi connectivity index (χ1) is 9.04. The van der Waals surface area contributed by atoms with Gasteiger partial charge in [0, 0.05) is 6.92 Å². The number of carbonyl (C=O) groups excluding carboxylic acids is 3. The fourth-order valence-corrected chi connectivity index (χ4v) is 2.43. The van der Waals surface area contributed by atoms with Crippen LogP contribution in [0, 0.1) is 0 Å². The van der Waals surface area contributed by atoms with E-state index in [9.17, 15) is 14.4 Å². The number of rotatable bonds is 4. The maximum absolute atomic E-state index is 12.1. The summed E-state index contributed by atoms with van der Waals surface area (Å²) in [6.45, 7) is 1.36.